The van der Waals surface area contributed by atoms with Crippen molar-refractivity contribution in [3.8, 4) is 0 Å². The van der Waals surface area contributed by atoms with Gasteiger partial charge < -0.3 is 11.1 Å². The molecule has 0 radical (unpaired) electrons. The molecule has 0 bridgehead atoms. The van der Waals surface area contributed by atoms with E-state index in [-0.39, 0.29) is 5.91 Å². The number of rotatable bonds is 3. The van der Waals surface area contributed by atoms with Crippen LogP contribution in [0.4, 0.5) is 11.4 Å². The van der Waals surface area contributed by atoms with Crippen LogP contribution in [0.1, 0.15) is 22.3 Å². The summed E-state index contributed by atoms with van der Waals surface area (Å²) in [4.78, 5) is 12.2. The average Bonchev–Trinajstić information content (AvgIpc) is 2.42. The molecule has 2 aromatic rings. The lowest BCUT2D eigenvalue weighted by Crippen LogP contribution is -2.17. The zero-order chi connectivity index (χ0) is 14.7. The quantitative estimate of drug-likeness (QED) is 0.838. The van der Waals surface area contributed by atoms with Crippen molar-refractivity contribution in [1.29, 1.82) is 0 Å². The molecule has 2 aromatic carbocycles. The molecule has 0 aliphatic rings. The van der Waals surface area contributed by atoms with E-state index in [1.165, 1.54) is 0 Å². The van der Waals surface area contributed by atoms with Gasteiger partial charge in [-0.05, 0) is 49.1 Å². The van der Waals surface area contributed by atoms with E-state index < -0.39 is 0 Å². The van der Waals surface area contributed by atoms with Crippen LogP contribution in [-0.4, -0.2) is 5.91 Å². The summed E-state index contributed by atoms with van der Waals surface area (Å²) < 4.78 is 0. The van der Waals surface area contributed by atoms with Crippen LogP contribution in [-0.2, 0) is 11.2 Å². The lowest BCUT2D eigenvalue weighted by Gasteiger charge is -2.14. The molecule has 20 heavy (non-hydrogen) atoms. The van der Waals surface area contributed by atoms with E-state index in [2.05, 4.69) is 5.32 Å². The van der Waals surface area contributed by atoms with Gasteiger partial charge in [0, 0.05) is 11.4 Å². The van der Waals surface area contributed by atoms with Crippen molar-refractivity contribution in [2.45, 2.75) is 27.2 Å². The van der Waals surface area contributed by atoms with Gasteiger partial charge in [0.15, 0.2) is 0 Å². The molecule has 0 aliphatic carbocycles. The van der Waals surface area contributed by atoms with Crippen molar-refractivity contribution in [1.82, 2.24) is 0 Å². The van der Waals surface area contributed by atoms with Gasteiger partial charge in [-0.3, -0.25) is 4.79 Å². The van der Waals surface area contributed by atoms with E-state index >= 15 is 0 Å². The predicted molar refractivity (Wildman–Crippen MR) is 83.8 cm³/mol. The second kappa shape index (κ2) is 5.78. The summed E-state index contributed by atoms with van der Waals surface area (Å²) in [7, 11) is 0. The second-order valence-electron chi connectivity index (χ2n) is 5.12. The number of benzene rings is 2. The minimum Gasteiger partial charge on any atom is -0.398 e. The van der Waals surface area contributed by atoms with E-state index in [0.717, 1.165) is 27.9 Å². The first-order valence-electron chi connectivity index (χ1n) is 6.69. The number of aryl methyl sites for hydroxylation is 2. The zero-order valence-electron chi connectivity index (χ0n) is 12.2. The predicted octanol–water partition coefficient (Wildman–Crippen LogP) is 3.38. The fourth-order valence-corrected chi connectivity index (χ4v) is 2.22. The van der Waals surface area contributed by atoms with Crippen molar-refractivity contribution in [3.05, 3.63) is 58.7 Å². The number of carbonyl (C=O) groups is 1. The Bertz CT molecular complexity index is 647. The van der Waals surface area contributed by atoms with E-state index in [4.69, 9.17) is 5.73 Å². The fourth-order valence-electron chi connectivity index (χ4n) is 2.22. The number of hydrogen-bond donors (Lipinski definition) is 2. The largest absolute Gasteiger partial charge is 0.398 e. The lowest BCUT2D eigenvalue weighted by molar-refractivity contribution is -0.115. The first kappa shape index (κ1) is 14.1. The first-order valence-corrected chi connectivity index (χ1v) is 6.69. The number of nitrogens with two attached hydrogens (primary N) is 1. The Morgan fingerprint density at radius 3 is 2.45 bits per heavy atom. The summed E-state index contributed by atoms with van der Waals surface area (Å²) in [5, 5.41) is 2.98. The van der Waals surface area contributed by atoms with Crippen LogP contribution in [0.3, 0.4) is 0 Å². The second-order valence-corrected chi connectivity index (χ2v) is 5.12. The molecule has 0 atom stereocenters. The van der Waals surface area contributed by atoms with Gasteiger partial charge >= 0.3 is 0 Å². The minimum absolute atomic E-state index is 0.0175. The lowest BCUT2D eigenvalue weighted by atomic mass is 10.0. The third kappa shape index (κ3) is 2.99. The third-order valence-corrected chi connectivity index (χ3v) is 3.59. The highest BCUT2D eigenvalue weighted by atomic mass is 16.1. The summed E-state index contributed by atoms with van der Waals surface area (Å²) in [5.41, 5.74) is 11.5. The van der Waals surface area contributed by atoms with Crippen LogP contribution in [0.15, 0.2) is 36.4 Å². The van der Waals surface area contributed by atoms with E-state index in [1.807, 2.05) is 57.2 Å². The number of amides is 1. The molecule has 2 rings (SSSR count). The van der Waals surface area contributed by atoms with E-state index in [9.17, 15) is 4.79 Å². The maximum absolute atomic E-state index is 12.2. The highest BCUT2D eigenvalue weighted by molar-refractivity contribution is 5.94. The Morgan fingerprint density at radius 2 is 1.75 bits per heavy atom. The molecule has 3 heteroatoms. The number of carbonyl (C=O) groups excluding carboxylic acids is 1. The van der Waals surface area contributed by atoms with E-state index in [0.29, 0.717) is 12.1 Å². The van der Waals surface area contributed by atoms with Crippen molar-refractivity contribution >= 4 is 17.3 Å². The number of nitrogens with one attached hydrogen (secondary N) is 1. The van der Waals surface area contributed by atoms with Crippen molar-refractivity contribution < 1.29 is 4.79 Å². The van der Waals surface area contributed by atoms with Gasteiger partial charge in [-0.25, -0.2) is 0 Å². The Balaban J connectivity index is 2.17. The van der Waals surface area contributed by atoms with Crippen LogP contribution >= 0.6 is 0 Å². The maximum atomic E-state index is 12.2. The molecule has 0 heterocycles. The zero-order valence-corrected chi connectivity index (χ0v) is 12.2. The number of anilines is 2. The molecule has 0 fully saturated rings. The van der Waals surface area contributed by atoms with E-state index in [1.54, 1.807) is 0 Å². The van der Waals surface area contributed by atoms with Crippen LogP contribution in [0, 0.1) is 20.8 Å². The van der Waals surface area contributed by atoms with Crippen LogP contribution in [0.25, 0.3) is 0 Å². The summed E-state index contributed by atoms with van der Waals surface area (Å²) in [5.74, 6) is -0.0175. The molecule has 0 saturated carbocycles. The average molecular weight is 268 g/mol. The normalized spacial score (nSPS) is 10.3. The Morgan fingerprint density at radius 1 is 1.05 bits per heavy atom. The summed E-state index contributed by atoms with van der Waals surface area (Å²) in [6.45, 7) is 5.90. The van der Waals surface area contributed by atoms with Gasteiger partial charge in [-0.15, -0.1) is 0 Å². The van der Waals surface area contributed by atoms with Crippen molar-refractivity contribution in [2.75, 3.05) is 11.1 Å². The molecular weight excluding hydrogens is 248 g/mol. The topological polar surface area (TPSA) is 55.1 Å². The molecule has 0 aliphatic heterocycles. The van der Waals surface area contributed by atoms with Gasteiger partial charge in [0.05, 0.1) is 6.42 Å². The fraction of sp³-hybridized carbons (Fsp3) is 0.235. The third-order valence-electron chi connectivity index (χ3n) is 3.59. The number of nitrogen functional groups attached to an aromatic ring is 1. The summed E-state index contributed by atoms with van der Waals surface area (Å²) in [6.07, 6.45) is 0.375. The maximum Gasteiger partial charge on any atom is 0.228 e. The smallest absolute Gasteiger partial charge is 0.228 e. The standard InChI is InChI=1S/C17H20N2O/c1-11-6-4-5-7-14(11)10-16(20)19-17-12(2)8-9-15(18)13(17)3/h4-9H,10,18H2,1-3H3,(H,19,20). The van der Waals surface area contributed by atoms with Crippen molar-refractivity contribution in [2.24, 2.45) is 0 Å². The molecular formula is C17H20N2O. The van der Waals surface area contributed by atoms with Gasteiger partial charge in [-0.1, -0.05) is 30.3 Å². The Labute approximate surface area is 119 Å². The summed E-state index contributed by atoms with van der Waals surface area (Å²) in [6, 6.07) is 11.7. The van der Waals surface area contributed by atoms with Crippen LogP contribution in [0.2, 0.25) is 0 Å². The minimum atomic E-state index is -0.0175. The monoisotopic (exact) mass is 268 g/mol. The molecule has 104 valence electrons. The highest BCUT2D eigenvalue weighted by Crippen LogP contribution is 2.25. The Hall–Kier alpha value is -2.29. The summed E-state index contributed by atoms with van der Waals surface area (Å²) >= 11 is 0. The van der Waals surface area contributed by atoms with Gasteiger partial charge in [0.25, 0.3) is 0 Å². The molecule has 0 saturated heterocycles. The van der Waals surface area contributed by atoms with Gasteiger partial charge in [-0.2, -0.15) is 0 Å². The van der Waals surface area contributed by atoms with Crippen LogP contribution < -0.4 is 11.1 Å². The van der Waals surface area contributed by atoms with Crippen molar-refractivity contribution in [3.63, 3.8) is 0 Å². The molecule has 0 spiro atoms. The molecule has 3 nitrogen and oxygen atoms in total. The molecule has 0 unspecified atom stereocenters. The SMILES string of the molecule is Cc1ccccc1CC(=O)Nc1c(C)ccc(N)c1C. The van der Waals surface area contributed by atoms with Gasteiger partial charge in [0.1, 0.15) is 0 Å². The first-order chi connectivity index (χ1) is 9.49. The molecule has 3 N–H and O–H groups in total. The number of hydrogen-bond acceptors (Lipinski definition) is 2. The Kier molecular flexibility index (Phi) is 4.08. The molecule has 1 amide bonds. The highest BCUT2D eigenvalue weighted by Gasteiger charge is 2.10. The van der Waals surface area contributed by atoms with Crippen LogP contribution in [0.5, 0.6) is 0 Å². The molecule has 0 aromatic heterocycles. The van der Waals surface area contributed by atoms with Gasteiger partial charge in [0.2, 0.25) is 5.91 Å².